The van der Waals surface area contributed by atoms with Crippen molar-refractivity contribution in [1.82, 2.24) is 19.9 Å². The summed E-state index contributed by atoms with van der Waals surface area (Å²) >= 11 is 0. The van der Waals surface area contributed by atoms with Crippen LogP contribution in [0.3, 0.4) is 0 Å². The summed E-state index contributed by atoms with van der Waals surface area (Å²) in [5.74, 6) is -0.0964. The number of aromatic nitrogens is 4. The van der Waals surface area contributed by atoms with Gasteiger partial charge in [-0.15, -0.1) is 5.11 Å². The zero-order chi connectivity index (χ0) is 25.1. The van der Waals surface area contributed by atoms with Gasteiger partial charge in [0.2, 0.25) is 0 Å². The van der Waals surface area contributed by atoms with Crippen molar-refractivity contribution in [1.29, 1.82) is 0 Å². The summed E-state index contributed by atoms with van der Waals surface area (Å²) in [6.45, 7) is 0.110. The Morgan fingerprint density at radius 2 is 1.81 bits per heavy atom. The topological polar surface area (TPSA) is 88.3 Å². The normalized spacial score (nSPS) is 13.8. The van der Waals surface area contributed by atoms with Gasteiger partial charge in [0.1, 0.15) is 12.2 Å². The van der Waals surface area contributed by atoms with Gasteiger partial charge in [0.15, 0.2) is 5.82 Å². The lowest BCUT2D eigenvalue weighted by Gasteiger charge is -2.10. The molecule has 0 radical (unpaired) electrons. The summed E-state index contributed by atoms with van der Waals surface area (Å²) < 4.78 is 53.0. The van der Waals surface area contributed by atoms with Crippen LogP contribution in [0.2, 0.25) is 0 Å². The summed E-state index contributed by atoms with van der Waals surface area (Å²) in [5.41, 5.74) is 2.36. The molecule has 1 saturated carbocycles. The highest BCUT2D eigenvalue weighted by Crippen LogP contribution is 2.40. The quantitative estimate of drug-likeness (QED) is 0.221. The maximum absolute atomic E-state index is 14.4. The van der Waals surface area contributed by atoms with Crippen LogP contribution in [-0.2, 0) is 12.7 Å². The maximum atomic E-state index is 14.4. The van der Waals surface area contributed by atoms with Crippen molar-refractivity contribution >= 4 is 17.3 Å². The first-order valence-corrected chi connectivity index (χ1v) is 11.1. The van der Waals surface area contributed by atoms with E-state index >= 15 is 0 Å². The highest BCUT2D eigenvalue weighted by molar-refractivity contribution is 5.61. The molecule has 4 aromatic rings. The fourth-order valence-electron chi connectivity index (χ4n) is 3.54. The fourth-order valence-corrected chi connectivity index (χ4v) is 3.54. The second kappa shape index (κ2) is 9.76. The lowest BCUT2D eigenvalue weighted by Crippen LogP contribution is -2.05. The molecule has 3 aromatic heterocycles. The molecule has 1 N–H and O–H groups in total. The van der Waals surface area contributed by atoms with Gasteiger partial charge in [0.25, 0.3) is 5.95 Å². The minimum absolute atomic E-state index is 0.00561. The first kappa shape index (κ1) is 23.5. The van der Waals surface area contributed by atoms with E-state index in [0.717, 1.165) is 36.7 Å². The zero-order valence-electron chi connectivity index (χ0n) is 18.7. The second-order valence-electron chi connectivity index (χ2n) is 8.29. The molecule has 0 spiro atoms. The Hall–Kier alpha value is -4.28. The van der Waals surface area contributed by atoms with E-state index in [1.54, 1.807) is 24.5 Å². The van der Waals surface area contributed by atoms with Crippen LogP contribution in [0, 0.1) is 5.82 Å². The Kier molecular flexibility index (Phi) is 6.36. The highest BCUT2D eigenvalue weighted by Gasteiger charge is 2.30. The molecule has 5 rings (SSSR count). The number of pyridine rings is 2. The molecule has 1 aliphatic rings. The molecule has 0 aliphatic heterocycles. The molecule has 11 heteroatoms. The van der Waals surface area contributed by atoms with Crippen molar-refractivity contribution in [2.45, 2.75) is 31.5 Å². The van der Waals surface area contributed by atoms with Crippen molar-refractivity contribution in [3.8, 4) is 11.3 Å². The van der Waals surface area contributed by atoms with E-state index in [2.05, 4.69) is 35.5 Å². The van der Waals surface area contributed by atoms with E-state index in [1.807, 2.05) is 6.07 Å². The van der Waals surface area contributed by atoms with Gasteiger partial charge in [-0.05, 0) is 60.7 Å². The first-order valence-electron chi connectivity index (χ1n) is 11.1. The van der Waals surface area contributed by atoms with Crippen molar-refractivity contribution < 1.29 is 17.6 Å². The number of halogens is 4. The summed E-state index contributed by atoms with van der Waals surface area (Å²) in [5, 5.41) is 10.9. The predicted molar refractivity (Wildman–Crippen MR) is 124 cm³/mol. The Morgan fingerprint density at radius 1 is 0.944 bits per heavy atom. The lowest BCUT2D eigenvalue weighted by molar-refractivity contribution is -0.137. The SMILES string of the molecule is Fc1cnc(N=NCc2ccc(Nc3cccc(C(F)(F)F)c3)cn2)nc1-c1cncc(C2CC2)c1. The third kappa shape index (κ3) is 5.68. The average molecular weight is 493 g/mol. The molecule has 0 bridgehead atoms. The van der Waals surface area contributed by atoms with Gasteiger partial charge in [-0.1, -0.05) is 6.07 Å². The number of anilines is 2. The second-order valence-corrected chi connectivity index (χ2v) is 8.29. The van der Waals surface area contributed by atoms with Gasteiger partial charge in [-0.2, -0.15) is 18.3 Å². The number of hydrogen-bond acceptors (Lipinski definition) is 7. The van der Waals surface area contributed by atoms with Gasteiger partial charge in [-0.3, -0.25) is 9.97 Å². The van der Waals surface area contributed by atoms with Crippen LogP contribution in [0.5, 0.6) is 0 Å². The van der Waals surface area contributed by atoms with Crippen LogP contribution in [0.1, 0.15) is 35.6 Å². The molecule has 7 nitrogen and oxygen atoms in total. The Labute approximate surface area is 203 Å². The Morgan fingerprint density at radius 3 is 2.56 bits per heavy atom. The molecule has 0 amide bonds. The molecule has 0 saturated heterocycles. The Bertz CT molecular complexity index is 1400. The van der Waals surface area contributed by atoms with Crippen LogP contribution in [-0.4, -0.2) is 19.9 Å². The molecule has 3 heterocycles. The largest absolute Gasteiger partial charge is 0.416 e. The van der Waals surface area contributed by atoms with E-state index in [0.29, 0.717) is 28.6 Å². The number of alkyl halides is 3. The first-order chi connectivity index (χ1) is 17.3. The number of benzene rings is 1. The molecule has 1 aromatic carbocycles. The van der Waals surface area contributed by atoms with Gasteiger partial charge in [-0.25, -0.2) is 14.4 Å². The van der Waals surface area contributed by atoms with E-state index < -0.39 is 17.6 Å². The van der Waals surface area contributed by atoms with Crippen LogP contribution in [0.25, 0.3) is 11.3 Å². The van der Waals surface area contributed by atoms with Crippen molar-refractivity contribution in [3.05, 3.63) is 89.9 Å². The van der Waals surface area contributed by atoms with E-state index in [1.165, 1.54) is 18.3 Å². The minimum Gasteiger partial charge on any atom is -0.354 e. The fraction of sp³-hybridized carbons (Fsp3) is 0.200. The lowest BCUT2D eigenvalue weighted by atomic mass is 10.1. The molecular formula is C25H19F4N7. The van der Waals surface area contributed by atoms with Crippen LogP contribution in [0.4, 0.5) is 34.9 Å². The van der Waals surface area contributed by atoms with E-state index in [9.17, 15) is 17.6 Å². The summed E-state index contributed by atoms with van der Waals surface area (Å²) in [6, 6.07) is 10.1. The third-order valence-corrected chi connectivity index (χ3v) is 5.51. The summed E-state index contributed by atoms with van der Waals surface area (Å²) in [6.07, 6.45) is 3.66. The monoisotopic (exact) mass is 493 g/mol. The minimum atomic E-state index is -4.42. The molecule has 0 atom stereocenters. The smallest absolute Gasteiger partial charge is 0.354 e. The maximum Gasteiger partial charge on any atom is 0.416 e. The number of rotatable bonds is 7. The van der Waals surface area contributed by atoms with Crippen molar-refractivity contribution in [2.24, 2.45) is 10.2 Å². The summed E-state index contributed by atoms with van der Waals surface area (Å²) in [4.78, 5) is 16.5. The zero-order valence-corrected chi connectivity index (χ0v) is 18.7. The number of nitrogens with zero attached hydrogens (tertiary/aromatic N) is 6. The average Bonchev–Trinajstić information content (AvgIpc) is 3.72. The summed E-state index contributed by atoms with van der Waals surface area (Å²) in [7, 11) is 0. The third-order valence-electron chi connectivity index (χ3n) is 5.51. The van der Waals surface area contributed by atoms with Crippen molar-refractivity contribution in [3.63, 3.8) is 0 Å². The number of nitrogens with one attached hydrogen (secondary N) is 1. The molecule has 0 unspecified atom stereocenters. The number of azo groups is 1. The standard InChI is InChI=1S/C25H19F4N7/c26-22-14-32-24(35-23(22)17-8-16(10-30-11-17)15-4-5-15)36-33-13-20-6-7-21(12-31-20)34-19-3-1-2-18(9-19)25(27,28)29/h1-3,6-12,14-15,34H,4-5,13H2. The van der Waals surface area contributed by atoms with E-state index in [4.69, 9.17) is 0 Å². The molecule has 1 fully saturated rings. The highest BCUT2D eigenvalue weighted by atomic mass is 19.4. The van der Waals surface area contributed by atoms with Gasteiger partial charge >= 0.3 is 6.18 Å². The molecule has 182 valence electrons. The van der Waals surface area contributed by atoms with Gasteiger partial charge < -0.3 is 5.32 Å². The van der Waals surface area contributed by atoms with Gasteiger partial charge in [0.05, 0.1) is 29.3 Å². The molecular weight excluding hydrogens is 474 g/mol. The van der Waals surface area contributed by atoms with Crippen LogP contribution < -0.4 is 5.32 Å². The van der Waals surface area contributed by atoms with E-state index in [-0.39, 0.29) is 18.2 Å². The van der Waals surface area contributed by atoms with Gasteiger partial charge in [0, 0.05) is 23.6 Å². The van der Waals surface area contributed by atoms with Crippen LogP contribution >= 0.6 is 0 Å². The van der Waals surface area contributed by atoms with Crippen LogP contribution in [0.15, 0.2) is 77.5 Å². The molecule has 36 heavy (non-hydrogen) atoms. The molecule has 1 aliphatic carbocycles. The Balaban J connectivity index is 1.23. The van der Waals surface area contributed by atoms with Crippen molar-refractivity contribution in [2.75, 3.05) is 5.32 Å². The predicted octanol–water partition coefficient (Wildman–Crippen LogP) is 7.00. The number of hydrogen-bond donors (Lipinski definition) is 1.